The first-order valence-electron chi connectivity index (χ1n) is 6.09. The molecule has 0 radical (unpaired) electrons. The van der Waals surface area contributed by atoms with Gasteiger partial charge in [0, 0.05) is 31.4 Å². The van der Waals surface area contributed by atoms with E-state index in [1.54, 1.807) is 35.5 Å². The van der Waals surface area contributed by atoms with Crippen LogP contribution in [-0.4, -0.2) is 64.6 Å². The molecule has 0 heterocycles. The minimum Gasteiger partial charge on any atom is -0.481 e. The summed E-state index contributed by atoms with van der Waals surface area (Å²) in [6, 6.07) is -0.254. The molecule has 106 valence electrons. The van der Waals surface area contributed by atoms with Crippen molar-refractivity contribution in [3.63, 3.8) is 0 Å². The van der Waals surface area contributed by atoms with Gasteiger partial charge >= 0.3 is 12.0 Å². The van der Waals surface area contributed by atoms with Crippen molar-refractivity contribution in [2.75, 3.05) is 25.6 Å². The number of carbonyl (C=O) groups is 2. The van der Waals surface area contributed by atoms with Gasteiger partial charge in [-0.25, -0.2) is 4.79 Å². The van der Waals surface area contributed by atoms with E-state index in [2.05, 4.69) is 0 Å². The Morgan fingerprint density at radius 3 is 2.22 bits per heavy atom. The summed E-state index contributed by atoms with van der Waals surface area (Å²) >= 11 is 1.69. The lowest BCUT2D eigenvalue weighted by Gasteiger charge is -2.34. The summed E-state index contributed by atoms with van der Waals surface area (Å²) in [4.78, 5) is 26.2. The minimum atomic E-state index is -0.881. The van der Waals surface area contributed by atoms with Gasteiger partial charge in [-0.05, 0) is 27.0 Å². The van der Waals surface area contributed by atoms with Crippen molar-refractivity contribution in [1.82, 2.24) is 9.80 Å². The van der Waals surface area contributed by atoms with Crippen LogP contribution in [0.1, 0.15) is 27.2 Å². The highest BCUT2D eigenvalue weighted by Gasteiger charge is 2.25. The maximum atomic E-state index is 12.3. The molecule has 0 spiro atoms. The molecule has 6 heteroatoms. The third-order valence-corrected chi connectivity index (χ3v) is 3.77. The number of hydrogen-bond donors (Lipinski definition) is 1. The Morgan fingerprint density at radius 1 is 1.28 bits per heavy atom. The number of aliphatic carboxylic acids is 1. The van der Waals surface area contributed by atoms with Crippen LogP contribution in [0.2, 0.25) is 0 Å². The largest absolute Gasteiger partial charge is 0.481 e. The van der Waals surface area contributed by atoms with Crippen LogP contribution in [0.25, 0.3) is 0 Å². The zero-order valence-electron chi connectivity index (χ0n) is 11.8. The molecular formula is C12H24N2O3S. The molecule has 0 aliphatic rings. The number of amides is 2. The predicted octanol–water partition coefficient (Wildman–Crippen LogP) is 1.97. The van der Waals surface area contributed by atoms with E-state index < -0.39 is 5.97 Å². The molecule has 2 amide bonds. The van der Waals surface area contributed by atoms with Gasteiger partial charge in [-0.3, -0.25) is 4.79 Å². The Morgan fingerprint density at radius 2 is 1.83 bits per heavy atom. The normalized spacial score (nSPS) is 13.8. The van der Waals surface area contributed by atoms with Crippen molar-refractivity contribution in [3.8, 4) is 0 Å². The van der Waals surface area contributed by atoms with E-state index in [0.717, 1.165) is 5.75 Å². The number of rotatable bonds is 7. The van der Waals surface area contributed by atoms with Crippen LogP contribution < -0.4 is 0 Å². The monoisotopic (exact) mass is 276 g/mol. The van der Waals surface area contributed by atoms with Crippen LogP contribution in [0.5, 0.6) is 0 Å². The zero-order chi connectivity index (χ0) is 14.3. The van der Waals surface area contributed by atoms with Crippen LogP contribution in [0.4, 0.5) is 4.79 Å². The quantitative estimate of drug-likeness (QED) is 0.772. The third kappa shape index (κ3) is 5.16. The minimum absolute atomic E-state index is 0.0235. The summed E-state index contributed by atoms with van der Waals surface area (Å²) in [7, 11) is 1.76. The fourth-order valence-corrected chi connectivity index (χ4v) is 2.45. The fraction of sp³-hybridized carbons (Fsp3) is 0.833. The Hall–Kier alpha value is -0.910. The molecule has 0 aromatic carbocycles. The third-order valence-electron chi connectivity index (χ3n) is 2.96. The highest BCUT2D eigenvalue weighted by molar-refractivity contribution is 7.98. The van der Waals surface area contributed by atoms with Gasteiger partial charge in [0.1, 0.15) is 0 Å². The fourth-order valence-electron chi connectivity index (χ4n) is 1.74. The lowest BCUT2D eigenvalue weighted by Crippen LogP contribution is -2.49. The first-order valence-corrected chi connectivity index (χ1v) is 7.48. The van der Waals surface area contributed by atoms with E-state index in [1.165, 1.54) is 0 Å². The van der Waals surface area contributed by atoms with Gasteiger partial charge in [0.25, 0.3) is 0 Å². The second-order valence-corrected chi connectivity index (χ2v) is 5.34. The van der Waals surface area contributed by atoms with Gasteiger partial charge in [0.2, 0.25) is 0 Å². The summed E-state index contributed by atoms with van der Waals surface area (Å²) in [5.41, 5.74) is 0. The van der Waals surface area contributed by atoms with E-state index in [1.807, 2.05) is 20.1 Å². The smallest absolute Gasteiger partial charge is 0.320 e. The van der Waals surface area contributed by atoms with Crippen molar-refractivity contribution in [2.45, 2.75) is 39.3 Å². The number of carboxylic acid groups (broad SMARTS) is 1. The molecule has 0 fully saturated rings. The number of thioether (sulfide) groups is 1. The average molecular weight is 276 g/mol. The predicted molar refractivity (Wildman–Crippen MR) is 75.1 cm³/mol. The molecule has 2 atom stereocenters. The van der Waals surface area contributed by atoms with Gasteiger partial charge in [0.05, 0.1) is 6.42 Å². The highest BCUT2D eigenvalue weighted by atomic mass is 32.2. The maximum Gasteiger partial charge on any atom is 0.320 e. The van der Waals surface area contributed by atoms with E-state index >= 15 is 0 Å². The summed E-state index contributed by atoms with van der Waals surface area (Å²) in [6.07, 6.45) is 1.98. The van der Waals surface area contributed by atoms with Crippen LogP contribution in [-0.2, 0) is 4.79 Å². The molecule has 0 aromatic rings. The number of hydrogen-bond acceptors (Lipinski definition) is 3. The topological polar surface area (TPSA) is 60.9 Å². The van der Waals surface area contributed by atoms with Crippen molar-refractivity contribution < 1.29 is 14.7 Å². The van der Waals surface area contributed by atoms with Gasteiger partial charge in [0.15, 0.2) is 0 Å². The lowest BCUT2D eigenvalue weighted by molar-refractivity contribution is -0.138. The molecule has 2 unspecified atom stereocenters. The number of carboxylic acids is 1. The average Bonchev–Trinajstić information content (AvgIpc) is 2.28. The number of carbonyl (C=O) groups excluding carboxylic acids is 1. The SMILES string of the molecule is CCN(C(=O)N(C)C(C)CSC)C(C)CC(=O)O. The van der Waals surface area contributed by atoms with Crippen LogP contribution in [0.15, 0.2) is 0 Å². The summed E-state index contributed by atoms with van der Waals surface area (Å²) in [5.74, 6) is -0.0128. The summed E-state index contributed by atoms with van der Waals surface area (Å²) in [5, 5.41) is 8.79. The standard InChI is InChI=1S/C12H24N2O3S/c1-6-14(9(2)7-11(15)16)12(17)13(4)10(3)8-18-5/h9-10H,6-8H2,1-5H3,(H,15,16). The van der Waals surface area contributed by atoms with Crippen LogP contribution in [0.3, 0.4) is 0 Å². The molecule has 0 aliphatic heterocycles. The molecule has 0 bridgehead atoms. The van der Waals surface area contributed by atoms with Gasteiger partial charge in [-0.15, -0.1) is 0 Å². The van der Waals surface area contributed by atoms with Crippen molar-refractivity contribution in [3.05, 3.63) is 0 Å². The molecule has 1 N–H and O–H groups in total. The molecule has 0 saturated carbocycles. The van der Waals surface area contributed by atoms with Crippen LogP contribution in [0, 0.1) is 0 Å². The van der Waals surface area contributed by atoms with Gasteiger partial charge < -0.3 is 14.9 Å². The van der Waals surface area contributed by atoms with E-state index in [0.29, 0.717) is 6.54 Å². The van der Waals surface area contributed by atoms with Crippen molar-refractivity contribution in [2.24, 2.45) is 0 Å². The molecular weight excluding hydrogens is 252 g/mol. The first-order chi connectivity index (χ1) is 8.34. The highest BCUT2D eigenvalue weighted by Crippen LogP contribution is 2.11. The van der Waals surface area contributed by atoms with Gasteiger partial charge in [-0.2, -0.15) is 11.8 Å². The molecule has 0 aromatic heterocycles. The first kappa shape index (κ1) is 17.1. The van der Waals surface area contributed by atoms with E-state index in [-0.39, 0.29) is 24.5 Å². The second kappa shape index (κ2) is 8.24. The summed E-state index contributed by atoms with van der Waals surface area (Å²) < 4.78 is 0. The van der Waals surface area contributed by atoms with Gasteiger partial charge in [-0.1, -0.05) is 0 Å². The summed E-state index contributed by atoms with van der Waals surface area (Å²) in [6.45, 7) is 6.14. The zero-order valence-corrected chi connectivity index (χ0v) is 12.7. The Balaban J connectivity index is 4.64. The van der Waals surface area contributed by atoms with Crippen LogP contribution >= 0.6 is 11.8 Å². The number of urea groups is 1. The molecule has 18 heavy (non-hydrogen) atoms. The molecule has 0 saturated heterocycles. The lowest BCUT2D eigenvalue weighted by atomic mass is 10.2. The molecule has 5 nitrogen and oxygen atoms in total. The van der Waals surface area contributed by atoms with E-state index in [4.69, 9.17) is 5.11 Å². The maximum absolute atomic E-state index is 12.3. The molecule has 0 rings (SSSR count). The second-order valence-electron chi connectivity index (χ2n) is 4.43. The van der Waals surface area contributed by atoms with E-state index in [9.17, 15) is 9.59 Å². The Kier molecular flexibility index (Phi) is 7.82. The number of nitrogens with zero attached hydrogens (tertiary/aromatic N) is 2. The molecule has 0 aliphatic carbocycles. The Bertz CT molecular complexity index is 286. The van der Waals surface area contributed by atoms with Crippen molar-refractivity contribution >= 4 is 23.8 Å². The Labute approximate surface area is 114 Å². The van der Waals surface area contributed by atoms with Crippen molar-refractivity contribution in [1.29, 1.82) is 0 Å².